The number of fused-ring (bicyclic) bond motifs is 1. The van der Waals surface area contributed by atoms with Gasteiger partial charge in [-0.1, -0.05) is 12.8 Å². The molecule has 3 aliphatic rings. The van der Waals surface area contributed by atoms with Crippen molar-refractivity contribution in [2.45, 2.75) is 75.9 Å². The van der Waals surface area contributed by atoms with Gasteiger partial charge in [0.15, 0.2) is 0 Å². The molecule has 2 saturated carbocycles. The Kier molecular flexibility index (Phi) is 4.66. The van der Waals surface area contributed by atoms with Crippen LogP contribution in [0.15, 0.2) is 11.4 Å². The summed E-state index contributed by atoms with van der Waals surface area (Å²) in [6.45, 7) is 0.890. The summed E-state index contributed by atoms with van der Waals surface area (Å²) in [4.78, 5) is 29.9. The first kappa shape index (κ1) is 17.8. The van der Waals surface area contributed by atoms with Crippen LogP contribution in [0.1, 0.15) is 82.5 Å². The molecule has 2 fully saturated rings. The molecular weight excluding hydrogens is 374 g/mol. The Balaban J connectivity index is 1.23. The molecule has 0 saturated heterocycles. The van der Waals surface area contributed by atoms with Gasteiger partial charge in [0.05, 0.1) is 5.01 Å². The summed E-state index contributed by atoms with van der Waals surface area (Å²) >= 11 is 1.58. The van der Waals surface area contributed by atoms with Gasteiger partial charge in [-0.3, -0.25) is 14.3 Å². The second-order valence-corrected chi connectivity index (χ2v) is 9.03. The van der Waals surface area contributed by atoms with E-state index in [0.29, 0.717) is 17.3 Å². The molecule has 2 amide bonds. The molecule has 2 N–H and O–H groups in total. The van der Waals surface area contributed by atoms with Crippen molar-refractivity contribution >= 4 is 23.2 Å². The number of carbonyl (C=O) groups is 2. The summed E-state index contributed by atoms with van der Waals surface area (Å²) < 4.78 is 1.93. The van der Waals surface area contributed by atoms with Crippen molar-refractivity contribution in [1.82, 2.24) is 25.4 Å². The van der Waals surface area contributed by atoms with E-state index in [4.69, 9.17) is 0 Å². The molecule has 8 heteroatoms. The maximum atomic E-state index is 12.7. The van der Waals surface area contributed by atoms with Crippen LogP contribution in [0.3, 0.4) is 0 Å². The standard InChI is InChI=1S/C20H25N5O2S/c26-18(16-10-13-4-3-9-25(13)24-16)21-14-5-1-2-6-15(14)22-19(27)17-11-28-20(23-17)12-7-8-12/h10-12,14-15H,1-9H2,(H,21,26)(H,22,27)/t14-,15-/m1/s1. The van der Waals surface area contributed by atoms with Crippen molar-refractivity contribution in [3.05, 3.63) is 33.5 Å². The summed E-state index contributed by atoms with van der Waals surface area (Å²) in [6.07, 6.45) is 8.30. The van der Waals surface area contributed by atoms with Crippen molar-refractivity contribution in [2.24, 2.45) is 0 Å². The smallest absolute Gasteiger partial charge is 0.272 e. The minimum atomic E-state index is -0.141. The Hall–Kier alpha value is -2.22. The van der Waals surface area contributed by atoms with Crippen LogP contribution in [0.5, 0.6) is 0 Å². The lowest BCUT2D eigenvalue weighted by Gasteiger charge is -2.32. The zero-order chi connectivity index (χ0) is 19.1. The topological polar surface area (TPSA) is 88.9 Å². The van der Waals surface area contributed by atoms with Gasteiger partial charge < -0.3 is 10.6 Å². The molecular formula is C20H25N5O2S. The first-order valence-electron chi connectivity index (χ1n) is 10.3. The molecule has 0 aromatic carbocycles. The average Bonchev–Trinajstić information content (AvgIpc) is 3.08. The third-order valence-electron chi connectivity index (χ3n) is 5.98. The highest BCUT2D eigenvalue weighted by molar-refractivity contribution is 7.10. The minimum Gasteiger partial charge on any atom is -0.346 e. The number of thiazole rings is 1. The van der Waals surface area contributed by atoms with Crippen LogP contribution >= 0.6 is 11.3 Å². The van der Waals surface area contributed by atoms with Crippen LogP contribution in [-0.4, -0.2) is 38.7 Å². The van der Waals surface area contributed by atoms with Gasteiger partial charge >= 0.3 is 0 Å². The third-order valence-corrected chi connectivity index (χ3v) is 6.99. The molecule has 5 rings (SSSR count). The van der Waals surface area contributed by atoms with Crippen molar-refractivity contribution in [1.29, 1.82) is 0 Å². The predicted octanol–water partition coefficient (Wildman–Crippen LogP) is 2.63. The van der Waals surface area contributed by atoms with E-state index in [0.717, 1.165) is 55.8 Å². The molecule has 0 unspecified atom stereocenters. The normalized spacial score (nSPS) is 24.0. The lowest BCUT2D eigenvalue weighted by molar-refractivity contribution is 0.0857. The van der Waals surface area contributed by atoms with E-state index in [9.17, 15) is 9.59 Å². The SMILES string of the molecule is O=C(N[C@@H]1CCCC[C@H]1NC(=O)c1cc2n(n1)CCC2)c1csc(C2CC2)n1. The largest absolute Gasteiger partial charge is 0.346 e. The number of aromatic nitrogens is 3. The quantitative estimate of drug-likeness (QED) is 0.809. The Morgan fingerprint density at radius 1 is 1.00 bits per heavy atom. The van der Waals surface area contributed by atoms with E-state index in [-0.39, 0.29) is 23.9 Å². The molecule has 2 aromatic rings. The van der Waals surface area contributed by atoms with Crippen molar-refractivity contribution in [3.8, 4) is 0 Å². The fraction of sp³-hybridized carbons (Fsp3) is 0.600. The summed E-state index contributed by atoms with van der Waals surface area (Å²) in [7, 11) is 0. The van der Waals surface area contributed by atoms with Gasteiger partial charge in [0, 0.05) is 35.6 Å². The molecule has 2 atom stereocenters. The molecule has 7 nitrogen and oxygen atoms in total. The van der Waals surface area contributed by atoms with Gasteiger partial charge in [0.25, 0.3) is 11.8 Å². The van der Waals surface area contributed by atoms with E-state index in [1.807, 2.05) is 16.1 Å². The van der Waals surface area contributed by atoms with Gasteiger partial charge in [-0.25, -0.2) is 4.98 Å². The van der Waals surface area contributed by atoms with E-state index < -0.39 is 0 Å². The fourth-order valence-corrected chi connectivity index (χ4v) is 5.21. The van der Waals surface area contributed by atoms with E-state index in [1.54, 1.807) is 11.3 Å². The number of amides is 2. The second kappa shape index (κ2) is 7.31. The first-order valence-corrected chi connectivity index (χ1v) is 11.2. The van der Waals surface area contributed by atoms with Crippen molar-refractivity contribution in [2.75, 3.05) is 0 Å². The molecule has 2 aromatic heterocycles. The van der Waals surface area contributed by atoms with Crippen LogP contribution in [0, 0.1) is 0 Å². The van der Waals surface area contributed by atoms with Gasteiger partial charge in [-0.2, -0.15) is 5.10 Å². The fourth-order valence-electron chi connectivity index (χ4n) is 4.24. The number of rotatable bonds is 5. The summed E-state index contributed by atoms with van der Waals surface area (Å²) in [6, 6.07) is 1.77. The number of aryl methyl sites for hydroxylation is 2. The number of nitrogens with zero attached hydrogens (tertiary/aromatic N) is 3. The molecule has 28 heavy (non-hydrogen) atoms. The lowest BCUT2D eigenvalue weighted by Crippen LogP contribution is -2.53. The van der Waals surface area contributed by atoms with Gasteiger partial charge in [-0.15, -0.1) is 11.3 Å². The summed E-state index contributed by atoms with van der Waals surface area (Å²) in [5.41, 5.74) is 2.13. The number of nitrogens with one attached hydrogen (secondary N) is 2. The number of carbonyl (C=O) groups excluding carboxylic acids is 2. The maximum absolute atomic E-state index is 12.7. The first-order chi connectivity index (χ1) is 13.7. The van der Waals surface area contributed by atoms with Crippen molar-refractivity contribution in [3.63, 3.8) is 0 Å². The summed E-state index contributed by atoms with van der Waals surface area (Å²) in [5, 5.41) is 13.6. The molecule has 148 valence electrons. The number of hydrogen-bond acceptors (Lipinski definition) is 5. The van der Waals surface area contributed by atoms with Crippen LogP contribution in [-0.2, 0) is 13.0 Å². The van der Waals surface area contributed by atoms with Crippen LogP contribution in [0.2, 0.25) is 0 Å². The third kappa shape index (κ3) is 3.57. The zero-order valence-electron chi connectivity index (χ0n) is 15.8. The molecule has 0 radical (unpaired) electrons. The highest BCUT2D eigenvalue weighted by Crippen LogP contribution is 2.41. The highest BCUT2D eigenvalue weighted by atomic mass is 32.1. The zero-order valence-corrected chi connectivity index (χ0v) is 16.6. The highest BCUT2D eigenvalue weighted by Gasteiger charge is 2.31. The average molecular weight is 400 g/mol. The van der Waals surface area contributed by atoms with E-state index in [1.165, 1.54) is 12.8 Å². The Bertz CT molecular complexity index is 879. The van der Waals surface area contributed by atoms with Crippen molar-refractivity contribution < 1.29 is 9.59 Å². The van der Waals surface area contributed by atoms with Crippen LogP contribution < -0.4 is 10.6 Å². The Morgan fingerprint density at radius 2 is 1.71 bits per heavy atom. The predicted molar refractivity (Wildman–Crippen MR) is 106 cm³/mol. The molecule has 0 spiro atoms. The van der Waals surface area contributed by atoms with Gasteiger partial charge in [0.1, 0.15) is 11.4 Å². The summed E-state index contributed by atoms with van der Waals surface area (Å²) in [5.74, 6) is 0.290. The second-order valence-electron chi connectivity index (χ2n) is 8.14. The molecule has 3 heterocycles. The number of hydrogen-bond donors (Lipinski definition) is 2. The molecule has 0 bridgehead atoms. The monoisotopic (exact) mass is 399 g/mol. The lowest BCUT2D eigenvalue weighted by atomic mass is 9.90. The van der Waals surface area contributed by atoms with Gasteiger partial charge in [0.2, 0.25) is 0 Å². The van der Waals surface area contributed by atoms with E-state index >= 15 is 0 Å². The Morgan fingerprint density at radius 3 is 2.39 bits per heavy atom. The van der Waals surface area contributed by atoms with Crippen LogP contribution in [0.4, 0.5) is 0 Å². The maximum Gasteiger partial charge on any atom is 0.272 e. The van der Waals surface area contributed by atoms with Crippen LogP contribution in [0.25, 0.3) is 0 Å². The van der Waals surface area contributed by atoms with Gasteiger partial charge in [-0.05, 0) is 44.6 Å². The minimum absolute atomic E-state index is 0.0641. The van der Waals surface area contributed by atoms with E-state index in [2.05, 4.69) is 20.7 Å². The molecule has 1 aliphatic heterocycles. The Labute approximate surface area is 167 Å². The molecule has 2 aliphatic carbocycles.